The SMILES string of the molecule is CCOCC(C)NCc1c(Br)c(CC)nn1CC. The van der Waals surface area contributed by atoms with Crippen LogP contribution in [-0.4, -0.2) is 29.0 Å². The largest absolute Gasteiger partial charge is 0.380 e. The van der Waals surface area contributed by atoms with Gasteiger partial charge in [0.05, 0.1) is 22.5 Å². The molecule has 0 saturated heterocycles. The smallest absolute Gasteiger partial charge is 0.0767 e. The second kappa shape index (κ2) is 7.92. The Labute approximate surface area is 118 Å². The number of aryl methyl sites for hydroxylation is 2. The lowest BCUT2D eigenvalue weighted by atomic mass is 10.3. The van der Waals surface area contributed by atoms with E-state index in [1.165, 1.54) is 5.69 Å². The van der Waals surface area contributed by atoms with Gasteiger partial charge in [0.15, 0.2) is 0 Å². The summed E-state index contributed by atoms with van der Waals surface area (Å²) in [5.41, 5.74) is 2.35. The Balaban J connectivity index is 2.63. The fraction of sp³-hybridized carbons (Fsp3) is 0.769. The summed E-state index contributed by atoms with van der Waals surface area (Å²) < 4.78 is 8.60. The molecule has 0 spiro atoms. The quantitative estimate of drug-likeness (QED) is 0.801. The van der Waals surface area contributed by atoms with Gasteiger partial charge in [0.2, 0.25) is 0 Å². The van der Waals surface area contributed by atoms with E-state index in [-0.39, 0.29) is 0 Å². The molecule has 1 aromatic heterocycles. The summed E-state index contributed by atoms with van der Waals surface area (Å²) in [5, 5.41) is 8.06. The van der Waals surface area contributed by atoms with E-state index in [0.717, 1.165) is 42.9 Å². The van der Waals surface area contributed by atoms with Crippen LogP contribution in [0.5, 0.6) is 0 Å². The van der Waals surface area contributed by atoms with Crippen LogP contribution in [0.2, 0.25) is 0 Å². The summed E-state index contributed by atoms with van der Waals surface area (Å²) in [6, 6.07) is 0.349. The van der Waals surface area contributed by atoms with Gasteiger partial charge in [0, 0.05) is 25.7 Å². The first kappa shape index (κ1) is 15.7. The topological polar surface area (TPSA) is 39.1 Å². The number of nitrogens with one attached hydrogen (secondary N) is 1. The molecule has 0 radical (unpaired) electrons. The molecule has 1 atom stereocenters. The maximum Gasteiger partial charge on any atom is 0.0767 e. The van der Waals surface area contributed by atoms with E-state index in [0.29, 0.717) is 6.04 Å². The zero-order valence-electron chi connectivity index (χ0n) is 11.8. The monoisotopic (exact) mass is 317 g/mol. The number of ether oxygens (including phenoxy) is 1. The van der Waals surface area contributed by atoms with Crippen molar-refractivity contribution < 1.29 is 4.74 Å². The average Bonchev–Trinajstić information content (AvgIpc) is 2.69. The highest BCUT2D eigenvalue weighted by atomic mass is 79.9. The number of halogens is 1. The van der Waals surface area contributed by atoms with Crippen molar-refractivity contribution in [2.75, 3.05) is 13.2 Å². The van der Waals surface area contributed by atoms with Crippen LogP contribution < -0.4 is 5.32 Å². The maximum absolute atomic E-state index is 5.40. The second-order valence-electron chi connectivity index (χ2n) is 4.32. The van der Waals surface area contributed by atoms with E-state index in [2.05, 4.69) is 51.8 Å². The van der Waals surface area contributed by atoms with Gasteiger partial charge in [-0.05, 0) is 43.1 Å². The van der Waals surface area contributed by atoms with Crippen LogP contribution in [0.25, 0.3) is 0 Å². The van der Waals surface area contributed by atoms with E-state index in [9.17, 15) is 0 Å². The van der Waals surface area contributed by atoms with Crippen LogP contribution in [0.15, 0.2) is 4.47 Å². The molecule has 1 aromatic rings. The normalized spacial score (nSPS) is 12.9. The molecule has 1 heterocycles. The zero-order valence-corrected chi connectivity index (χ0v) is 13.4. The fourth-order valence-corrected chi connectivity index (χ4v) is 2.52. The van der Waals surface area contributed by atoms with E-state index in [4.69, 9.17) is 4.74 Å². The van der Waals surface area contributed by atoms with Crippen molar-refractivity contribution >= 4 is 15.9 Å². The third-order valence-corrected chi connectivity index (χ3v) is 3.80. The van der Waals surface area contributed by atoms with Gasteiger partial charge in [0.1, 0.15) is 0 Å². The first-order valence-electron chi connectivity index (χ1n) is 6.69. The molecular formula is C13H24BrN3O. The summed E-state index contributed by atoms with van der Waals surface area (Å²) >= 11 is 3.65. The lowest BCUT2D eigenvalue weighted by Crippen LogP contribution is -2.31. The van der Waals surface area contributed by atoms with Gasteiger partial charge in [-0.3, -0.25) is 4.68 Å². The summed E-state index contributed by atoms with van der Waals surface area (Å²) in [6.45, 7) is 11.6. The van der Waals surface area contributed by atoms with Gasteiger partial charge in [-0.25, -0.2) is 0 Å². The van der Waals surface area contributed by atoms with Crippen molar-refractivity contribution in [3.05, 3.63) is 15.9 Å². The van der Waals surface area contributed by atoms with Crippen LogP contribution in [-0.2, 0) is 24.2 Å². The molecule has 0 aliphatic carbocycles. The summed E-state index contributed by atoms with van der Waals surface area (Å²) in [5.74, 6) is 0. The molecule has 4 nitrogen and oxygen atoms in total. The number of aromatic nitrogens is 2. The third kappa shape index (κ3) is 4.07. The first-order valence-corrected chi connectivity index (χ1v) is 7.48. The predicted octanol–water partition coefficient (Wildman–Crippen LogP) is 2.74. The van der Waals surface area contributed by atoms with Crippen LogP contribution in [0.1, 0.15) is 39.1 Å². The van der Waals surface area contributed by atoms with Gasteiger partial charge in [-0.1, -0.05) is 6.92 Å². The molecule has 104 valence electrons. The Bertz CT molecular complexity index is 365. The lowest BCUT2D eigenvalue weighted by Gasteiger charge is -2.14. The van der Waals surface area contributed by atoms with Gasteiger partial charge in [-0.2, -0.15) is 5.10 Å². The van der Waals surface area contributed by atoms with Gasteiger partial charge >= 0.3 is 0 Å². The molecule has 0 saturated carbocycles. The lowest BCUT2D eigenvalue weighted by molar-refractivity contribution is 0.126. The Hall–Kier alpha value is -0.390. The second-order valence-corrected chi connectivity index (χ2v) is 5.11. The Kier molecular flexibility index (Phi) is 6.89. The number of nitrogens with zero attached hydrogens (tertiary/aromatic N) is 2. The molecule has 1 unspecified atom stereocenters. The highest BCUT2D eigenvalue weighted by molar-refractivity contribution is 9.10. The number of hydrogen-bond donors (Lipinski definition) is 1. The van der Waals surface area contributed by atoms with Crippen molar-refractivity contribution in [3.63, 3.8) is 0 Å². The van der Waals surface area contributed by atoms with Crippen molar-refractivity contribution in [1.29, 1.82) is 0 Å². The van der Waals surface area contributed by atoms with Crippen LogP contribution in [0.4, 0.5) is 0 Å². The Morgan fingerprint density at radius 3 is 2.67 bits per heavy atom. The molecule has 18 heavy (non-hydrogen) atoms. The molecule has 0 fully saturated rings. The molecule has 0 aliphatic heterocycles. The highest BCUT2D eigenvalue weighted by Gasteiger charge is 2.14. The van der Waals surface area contributed by atoms with E-state index >= 15 is 0 Å². The molecule has 5 heteroatoms. The number of rotatable bonds is 8. The van der Waals surface area contributed by atoms with Crippen LogP contribution in [0.3, 0.4) is 0 Å². The first-order chi connectivity index (χ1) is 8.63. The minimum Gasteiger partial charge on any atom is -0.380 e. The van der Waals surface area contributed by atoms with E-state index in [1.807, 2.05) is 6.92 Å². The van der Waals surface area contributed by atoms with Crippen molar-refractivity contribution in [2.24, 2.45) is 0 Å². The third-order valence-electron chi connectivity index (χ3n) is 2.88. The zero-order chi connectivity index (χ0) is 13.5. The summed E-state index contributed by atoms with van der Waals surface area (Å²) in [7, 11) is 0. The van der Waals surface area contributed by atoms with E-state index < -0.39 is 0 Å². The van der Waals surface area contributed by atoms with Crippen molar-refractivity contribution in [2.45, 2.75) is 53.2 Å². The molecule has 1 rings (SSSR count). The van der Waals surface area contributed by atoms with E-state index in [1.54, 1.807) is 0 Å². The van der Waals surface area contributed by atoms with Crippen molar-refractivity contribution in [1.82, 2.24) is 15.1 Å². The fourth-order valence-electron chi connectivity index (χ4n) is 1.81. The van der Waals surface area contributed by atoms with Gasteiger partial charge in [0.25, 0.3) is 0 Å². The van der Waals surface area contributed by atoms with Gasteiger partial charge < -0.3 is 10.1 Å². The minimum absolute atomic E-state index is 0.349. The van der Waals surface area contributed by atoms with Gasteiger partial charge in [-0.15, -0.1) is 0 Å². The standard InChI is InChI=1S/C13H24BrN3O/c1-5-11-13(14)12(17(6-2)16-11)8-15-10(4)9-18-7-3/h10,15H,5-9H2,1-4H3. The number of hydrogen-bond acceptors (Lipinski definition) is 3. The molecule has 1 N–H and O–H groups in total. The average molecular weight is 318 g/mol. The Morgan fingerprint density at radius 2 is 2.11 bits per heavy atom. The Morgan fingerprint density at radius 1 is 1.39 bits per heavy atom. The van der Waals surface area contributed by atoms with Crippen LogP contribution >= 0.6 is 15.9 Å². The molecular weight excluding hydrogens is 294 g/mol. The minimum atomic E-state index is 0.349. The maximum atomic E-state index is 5.40. The molecule has 0 aliphatic rings. The van der Waals surface area contributed by atoms with Crippen LogP contribution in [0, 0.1) is 0 Å². The highest BCUT2D eigenvalue weighted by Crippen LogP contribution is 2.22. The molecule has 0 amide bonds. The summed E-state index contributed by atoms with van der Waals surface area (Å²) in [4.78, 5) is 0. The summed E-state index contributed by atoms with van der Waals surface area (Å²) in [6.07, 6.45) is 0.953. The molecule has 0 aromatic carbocycles. The molecule has 0 bridgehead atoms. The predicted molar refractivity (Wildman–Crippen MR) is 77.8 cm³/mol. The van der Waals surface area contributed by atoms with Crippen molar-refractivity contribution in [3.8, 4) is 0 Å².